The van der Waals surface area contributed by atoms with Crippen LogP contribution in [0.15, 0.2) is 158 Å². The molecule has 15 heteroatoms. The van der Waals surface area contributed by atoms with Crippen LogP contribution in [-0.4, -0.2) is 57.4 Å². The number of ether oxygens (including phenoxy) is 1. The summed E-state index contributed by atoms with van der Waals surface area (Å²) in [5.74, 6) is 2.02. The number of phenols is 1. The lowest BCUT2D eigenvalue weighted by molar-refractivity contribution is -0.177. The number of thiazole rings is 1. The number of fused-ring (bicyclic) bond motifs is 4. The Morgan fingerprint density at radius 1 is 0.824 bits per heavy atom. The largest absolute Gasteiger partial charge is 0.508 e. The molecule has 2 fully saturated rings. The van der Waals surface area contributed by atoms with Gasteiger partial charge in [-0.05, 0) is 77.2 Å². The molecule has 6 aromatic carbocycles. The van der Waals surface area contributed by atoms with Gasteiger partial charge in [0.15, 0.2) is 5.13 Å². The fourth-order valence-corrected chi connectivity index (χ4v) is 11.0. The Hall–Kier alpha value is -8.32. The van der Waals surface area contributed by atoms with Crippen molar-refractivity contribution >= 4 is 62.2 Å². The van der Waals surface area contributed by atoms with Gasteiger partial charge in [-0.25, -0.2) is 19.5 Å². The Morgan fingerprint density at radius 2 is 1.49 bits per heavy atom. The topological polar surface area (TPSA) is 196 Å². The first-order chi connectivity index (χ1) is 33.0. The maximum atomic E-state index is 16.5. The molecule has 68 heavy (non-hydrogen) atoms. The fourth-order valence-electron chi connectivity index (χ4n) is 10.1. The number of aromatic nitrogens is 1. The van der Waals surface area contributed by atoms with Gasteiger partial charge in [-0.2, -0.15) is 0 Å². The molecule has 0 aliphatic carbocycles. The minimum absolute atomic E-state index is 0.0570. The van der Waals surface area contributed by atoms with Crippen LogP contribution in [0.25, 0.3) is 10.2 Å². The van der Waals surface area contributed by atoms with E-state index in [-0.39, 0.29) is 28.7 Å². The summed E-state index contributed by atoms with van der Waals surface area (Å²) >= 11 is 1.23. The number of cyclic esters (lactones) is 1. The van der Waals surface area contributed by atoms with Crippen molar-refractivity contribution in [3.63, 3.8) is 0 Å². The third-order valence-electron chi connectivity index (χ3n) is 12.9. The van der Waals surface area contributed by atoms with Crippen molar-refractivity contribution in [2.24, 2.45) is 11.7 Å². The number of amides is 6. The van der Waals surface area contributed by atoms with Gasteiger partial charge in [0.1, 0.15) is 23.3 Å². The molecule has 14 nitrogen and oxygen atoms in total. The lowest BCUT2D eigenvalue weighted by Gasteiger charge is -2.46. The highest BCUT2D eigenvalue weighted by molar-refractivity contribution is 7.22. The van der Waals surface area contributed by atoms with Gasteiger partial charge in [-0.3, -0.25) is 19.3 Å². The number of nitrogens with zero attached hydrogens (tertiary/aromatic N) is 3. The second kappa shape index (κ2) is 17.8. The number of primary amides is 1. The van der Waals surface area contributed by atoms with E-state index in [9.17, 15) is 9.90 Å². The summed E-state index contributed by atoms with van der Waals surface area (Å²) in [5, 5.41) is 19.5. The number of nitrogens with two attached hydrogens (primary N) is 1. The third kappa shape index (κ3) is 7.55. The molecule has 2 saturated heterocycles. The summed E-state index contributed by atoms with van der Waals surface area (Å²) in [4.78, 5) is 82.0. The molecule has 3 aliphatic heterocycles. The Morgan fingerprint density at radius 3 is 2.18 bits per heavy atom. The second-order valence-electron chi connectivity index (χ2n) is 16.8. The summed E-state index contributed by atoms with van der Waals surface area (Å²) in [6.07, 6.45) is -0.942. The van der Waals surface area contributed by atoms with E-state index in [2.05, 4.69) is 27.8 Å². The van der Waals surface area contributed by atoms with E-state index in [0.717, 1.165) is 20.7 Å². The van der Waals surface area contributed by atoms with Crippen LogP contribution in [0.3, 0.4) is 0 Å². The lowest BCUT2D eigenvalue weighted by Crippen LogP contribution is -2.55. The third-order valence-corrected chi connectivity index (χ3v) is 13.9. The van der Waals surface area contributed by atoms with E-state index in [1.54, 1.807) is 37.3 Å². The predicted molar refractivity (Wildman–Crippen MR) is 256 cm³/mol. The average molecular weight is 922 g/mol. The number of hydrogen-bond acceptors (Lipinski definition) is 10. The molecule has 6 amide bonds. The molecule has 10 rings (SSSR count). The summed E-state index contributed by atoms with van der Waals surface area (Å²) in [5.41, 5.74) is 7.30. The van der Waals surface area contributed by atoms with E-state index in [1.165, 1.54) is 23.5 Å². The van der Waals surface area contributed by atoms with Gasteiger partial charge in [-0.1, -0.05) is 138 Å². The van der Waals surface area contributed by atoms with Gasteiger partial charge in [0.25, 0.3) is 0 Å². The average Bonchev–Trinajstić information content (AvgIpc) is 3.99. The number of esters is 1. The van der Waals surface area contributed by atoms with Crippen molar-refractivity contribution in [3.8, 4) is 17.6 Å². The standard InChI is InChI=1S/C53H43N7O7S/c1-31(33-15-5-2-6-16-33)56-52(66)59-40-28-23-32(14-13-29-55-50(54)65)30-38(40)53(49(59)64)42(47(62)58-51-57-39-21-11-12-22-41(39)68-51)44-48(63)67-45(35-19-9-4-10-20-35)43(34-17-7-3-8-18-34)60(44)46(53)36-24-26-37(61)27-25-36/h2-12,15-28,30-31,42-46,61H,29H2,1H3,(H,56,66)(H3,54,55,65)(H,57,58,62)/t31-,42-,43-,44-,45+,46+,53-/m1/s1. The second-order valence-corrected chi connectivity index (χ2v) is 17.8. The van der Waals surface area contributed by atoms with Crippen LogP contribution in [0.1, 0.15) is 64.5 Å². The van der Waals surface area contributed by atoms with Crippen molar-refractivity contribution < 1.29 is 33.8 Å². The number of phenolic OH excluding ortho intramolecular Hbond substituents is 1. The van der Waals surface area contributed by atoms with Crippen molar-refractivity contribution in [1.82, 2.24) is 20.5 Å². The summed E-state index contributed by atoms with van der Waals surface area (Å²) in [7, 11) is 0. The molecule has 0 saturated carbocycles. The van der Waals surface area contributed by atoms with Crippen molar-refractivity contribution in [2.75, 3.05) is 16.8 Å². The molecule has 0 radical (unpaired) electrons. The molecule has 1 aromatic heterocycles. The molecule has 4 heterocycles. The number of carbonyl (C=O) groups is 5. The molecular weight excluding hydrogens is 879 g/mol. The Balaban J connectivity index is 1.25. The van der Waals surface area contributed by atoms with Crippen LogP contribution in [0.2, 0.25) is 0 Å². The highest BCUT2D eigenvalue weighted by Gasteiger charge is 2.75. The number of nitrogens with one attached hydrogen (secondary N) is 3. The van der Waals surface area contributed by atoms with Crippen molar-refractivity contribution in [3.05, 3.63) is 191 Å². The van der Waals surface area contributed by atoms with E-state index >= 15 is 19.2 Å². The molecule has 6 N–H and O–H groups in total. The van der Waals surface area contributed by atoms with Gasteiger partial charge in [-0.15, -0.1) is 0 Å². The molecule has 0 bridgehead atoms. The first-order valence-corrected chi connectivity index (χ1v) is 22.8. The van der Waals surface area contributed by atoms with Crippen LogP contribution < -0.4 is 26.6 Å². The van der Waals surface area contributed by atoms with Gasteiger partial charge in [0.05, 0.1) is 46.5 Å². The number of aromatic hydroxyl groups is 1. The molecule has 338 valence electrons. The summed E-state index contributed by atoms with van der Waals surface area (Å²) < 4.78 is 7.36. The zero-order valence-corrected chi connectivity index (χ0v) is 37.2. The minimum Gasteiger partial charge on any atom is -0.508 e. The summed E-state index contributed by atoms with van der Waals surface area (Å²) in [6, 6.07) is 41.0. The van der Waals surface area contributed by atoms with E-state index in [1.807, 2.05) is 120 Å². The number of hydrogen-bond donors (Lipinski definition) is 5. The maximum absolute atomic E-state index is 16.5. The predicted octanol–water partition coefficient (Wildman–Crippen LogP) is 7.80. The molecule has 7 aromatic rings. The normalized spacial score (nSPS) is 22.1. The van der Waals surface area contributed by atoms with Gasteiger partial charge < -0.3 is 31.5 Å². The minimum atomic E-state index is -2.09. The highest BCUT2D eigenvalue weighted by Crippen LogP contribution is 2.66. The molecule has 1 spiro atoms. The number of carbonyl (C=O) groups excluding carboxylic acids is 5. The summed E-state index contributed by atoms with van der Waals surface area (Å²) in [6.45, 7) is 1.71. The zero-order valence-electron chi connectivity index (χ0n) is 36.4. The smallest absolute Gasteiger partial charge is 0.329 e. The van der Waals surface area contributed by atoms with Crippen LogP contribution >= 0.6 is 11.3 Å². The number of morpholine rings is 1. The van der Waals surface area contributed by atoms with E-state index in [4.69, 9.17) is 15.5 Å². The SMILES string of the molecule is C[C@@H](NC(=O)N1C(=O)[C@@]2(c3cc(C#CCNC(N)=O)ccc31)[C@H](c1ccc(O)cc1)N1[C@H](c3ccccc3)[C@H](c3ccccc3)OC(=O)[C@H]1[C@@H]2C(=O)Nc1nc2ccccc2s1)c1ccccc1. The Labute approximate surface area is 394 Å². The monoisotopic (exact) mass is 921 g/mol. The zero-order chi connectivity index (χ0) is 47.1. The maximum Gasteiger partial charge on any atom is 0.329 e. The Bertz CT molecular complexity index is 3130. The Kier molecular flexibility index (Phi) is 11.4. The number of anilines is 2. The number of para-hydroxylation sites is 1. The molecular formula is C53H43N7O7S. The van der Waals surface area contributed by atoms with Crippen LogP contribution in [-0.2, 0) is 24.5 Å². The molecule has 7 atom stereocenters. The van der Waals surface area contributed by atoms with Crippen molar-refractivity contribution in [1.29, 1.82) is 0 Å². The lowest BCUT2D eigenvalue weighted by atomic mass is 9.65. The van der Waals surface area contributed by atoms with E-state index in [0.29, 0.717) is 22.2 Å². The number of imide groups is 1. The number of benzene rings is 6. The van der Waals surface area contributed by atoms with Crippen molar-refractivity contribution in [2.45, 2.75) is 42.6 Å². The number of urea groups is 2. The van der Waals surface area contributed by atoms with Gasteiger partial charge in [0.2, 0.25) is 11.8 Å². The van der Waals surface area contributed by atoms with E-state index < -0.39 is 71.5 Å². The highest BCUT2D eigenvalue weighted by atomic mass is 32.1. The van der Waals surface area contributed by atoms with Gasteiger partial charge in [0, 0.05) is 5.56 Å². The van der Waals surface area contributed by atoms with Crippen LogP contribution in [0.5, 0.6) is 5.75 Å². The molecule has 3 aliphatic rings. The van der Waals surface area contributed by atoms with Gasteiger partial charge >= 0.3 is 18.0 Å². The number of rotatable bonds is 8. The van der Waals surface area contributed by atoms with Crippen LogP contribution in [0, 0.1) is 17.8 Å². The first kappa shape index (κ1) is 43.6. The fraction of sp³-hybridized carbons (Fsp3) is 0.170. The quantitative estimate of drug-likeness (QED) is 0.0747. The first-order valence-electron chi connectivity index (χ1n) is 21.9. The van der Waals surface area contributed by atoms with Crippen LogP contribution in [0.4, 0.5) is 20.4 Å². The molecule has 0 unspecified atom stereocenters.